The van der Waals surface area contributed by atoms with Crippen LogP contribution >= 0.6 is 11.6 Å². The smallest absolute Gasteiger partial charge is 0.223 e. The van der Waals surface area contributed by atoms with Crippen LogP contribution in [-0.4, -0.2) is 69.1 Å². The Morgan fingerprint density at radius 1 is 1.31 bits per heavy atom. The molecule has 1 saturated heterocycles. The predicted octanol–water partition coefficient (Wildman–Crippen LogP) is 2.61. The summed E-state index contributed by atoms with van der Waals surface area (Å²) in [5.74, 6) is 0.634. The number of piperidine rings is 1. The molecule has 0 spiro atoms. The number of aryl methyl sites for hydroxylation is 1. The number of hydrogen-bond acceptors (Lipinski definition) is 7. The minimum atomic E-state index is -3.34. The number of fused-ring (bicyclic) bond motifs is 1. The maximum Gasteiger partial charge on any atom is 0.223 e. The second-order valence-corrected chi connectivity index (χ2v) is 10.9. The third-order valence-corrected chi connectivity index (χ3v) is 7.32. The Morgan fingerprint density at radius 3 is 2.72 bits per heavy atom. The van der Waals surface area contributed by atoms with Gasteiger partial charge in [-0.25, -0.2) is 18.4 Å². The highest BCUT2D eigenvalue weighted by Crippen LogP contribution is 2.32. The highest BCUT2D eigenvalue weighted by Gasteiger charge is 2.32. The fourth-order valence-electron chi connectivity index (χ4n) is 4.23. The van der Waals surface area contributed by atoms with Gasteiger partial charge in [0.15, 0.2) is 0 Å². The van der Waals surface area contributed by atoms with Gasteiger partial charge < -0.3 is 10.4 Å². The molecule has 2 N–H and O–H groups in total. The van der Waals surface area contributed by atoms with Gasteiger partial charge in [0.25, 0.3) is 0 Å². The van der Waals surface area contributed by atoms with Crippen molar-refractivity contribution in [3.63, 3.8) is 0 Å². The molecule has 0 saturated carbocycles. The van der Waals surface area contributed by atoms with Gasteiger partial charge in [0.1, 0.15) is 0 Å². The second kappa shape index (κ2) is 8.58. The van der Waals surface area contributed by atoms with E-state index >= 15 is 0 Å². The number of β-amino-alcohol motifs (C(OH)–C–C–N with tert-alkyl or cyclic N) is 1. The van der Waals surface area contributed by atoms with Crippen molar-refractivity contribution in [1.82, 2.24) is 24.1 Å². The number of nitrogens with one attached hydrogen (secondary N) is 1. The lowest BCUT2D eigenvalue weighted by Gasteiger charge is -2.34. The quantitative estimate of drug-likeness (QED) is 0.579. The van der Waals surface area contributed by atoms with E-state index in [0.717, 1.165) is 28.4 Å². The van der Waals surface area contributed by atoms with Gasteiger partial charge in [-0.15, -0.1) is 0 Å². The first kappa shape index (κ1) is 22.9. The lowest BCUT2D eigenvalue weighted by molar-refractivity contribution is 0.0950. The van der Waals surface area contributed by atoms with Crippen LogP contribution in [0.15, 0.2) is 24.4 Å². The van der Waals surface area contributed by atoms with Gasteiger partial charge in [0, 0.05) is 36.8 Å². The van der Waals surface area contributed by atoms with Crippen LogP contribution in [0.1, 0.15) is 31.9 Å². The first-order chi connectivity index (χ1) is 15.0. The molecule has 11 heteroatoms. The zero-order chi connectivity index (χ0) is 23.2. The van der Waals surface area contributed by atoms with Gasteiger partial charge in [-0.05, 0) is 24.5 Å². The molecule has 1 fully saturated rings. The van der Waals surface area contributed by atoms with Crippen LogP contribution in [0.4, 0.5) is 5.95 Å². The molecule has 3 aromatic rings. The Morgan fingerprint density at radius 2 is 2.06 bits per heavy atom. The van der Waals surface area contributed by atoms with Crippen molar-refractivity contribution in [2.24, 2.45) is 7.05 Å². The van der Waals surface area contributed by atoms with Crippen LogP contribution in [0.2, 0.25) is 5.02 Å². The van der Waals surface area contributed by atoms with E-state index in [1.807, 2.05) is 29.9 Å². The molecular formula is C21H27ClN6O3S. The first-order valence-corrected chi connectivity index (χ1v) is 12.7. The molecule has 0 amide bonds. The topological polar surface area (TPSA) is 113 Å². The number of halogens is 1. The number of benzene rings is 1. The summed E-state index contributed by atoms with van der Waals surface area (Å²) >= 11 is 6.43. The van der Waals surface area contributed by atoms with Crippen molar-refractivity contribution in [2.75, 3.05) is 24.7 Å². The Hall–Kier alpha value is -2.27. The van der Waals surface area contributed by atoms with Crippen molar-refractivity contribution in [2.45, 2.75) is 38.3 Å². The van der Waals surface area contributed by atoms with E-state index in [-0.39, 0.29) is 12.6 Å². The molecule has 2 aromatic heterocycles. The standard InChI is InChI=1S/C21H27ClN6O3S/c1-12(2)20-14-9-13(5-6-16(14)26-27(20)3)19-15(22)10-23-21(25-19)24-17-7-8-28(11-18(17)29)32(4,30)31/h5-6,9-10,12,17-18,29H,7-8,11H2,1-4H3,(H,23,24,25)/t17-,18-/m1/s1. The number of rotatable bonds is 5. The van der Waals surface area contributed by atoms with Crippen molar-refractivity contribution in [3.8, 4) is 11.3 Å². The van der Waals surface area contributed by atoms with E-state index in [1.54, 1.807) is 0 Å². The Labute approximate surface area is 192 Å². The summed E-state index contributed by atoms with van der Waals surface area (Å²) in [5, 5.41) is 19.6. The van der Waals surface area contributed by atoms with Crippen molar-refractivity contribution in [3.05, 3.63) is 35.1 Å². The highest BCUT2D eigenvalue weighted by atomic mass is 35.5. The minimum absolute atomic E-state index is 0.0343. The molecule has 1 aromatic carbocycles. The second-order valence-electron chi connectivity index (χ2n) is 8.51. The van der Waals surface area contributed by atoms with E-state index in [0.29, 0.717) is 35.5 Å². The van der Waals surface area contributed by atoms with E-state index in [9.17, 15) is 13.5 Å². The Balaban J connectivity index is 1.62. The zero-order valence-corrected chi connectivity index (χ0v) is 20.0. The van der Waals surface area contributed by atoms with Gasteiger partial charge in [-0.3, -0.25) is 4.68 Å². The van der Waals surface area contributed by atoms with E-state index in [2.05, 4.69) is 34.2 Å². The molecule has 1 aliphatic heterocycles. The lowest BCUT2D eigenvalue weighted by atomic mass is 10.0. The van der Waals surface area contributed by atoms with Crippen LogP contribution in [-0.2, 0) is 17.1 Å². The molecule has 0 aliphatic carbocycles. The summed E-state index contributed by atoms with van der Waals surface area (Å²) in [4.78, 5) is 8.86. The van der Waals surface area contributed by atoms with E-state index in [4.69, 9.17) is 11.6 Å². The van der Waals surface area contributed by atoms with Gasteiger partial charge in [0.05, 0.1) is 40.8 Å². The van der Waals surface area contributed by atoms with Gasteiger partial charge >= 0.3 is 0 Å². The summed E-state index contributed by atoms with van der Waals surface area (Å²) in [6.45, 7) is 4.61. The highest BCUT2D eigenvalue weighted by molar-refractivity contribution is 7.88. The van der Waals surface area contributed by atoms with Crippen LogP contribution in [0.3, 0.4) is 0 Å². The van der Waals surface area contributed by atoms with Gasteiger partial charge in [-0.1, -0.05) is 31.5 Å². The van der Waals surface area contributed by atoms with E-state index < -0.39 is 16.1 Å². The third-order valence-electron chi connectivity index (χ3n) is 5.77. The number of hydrogen-bond donors (Lipinski definition) is 2. The Kier molecular flexibility index (Phi) is 6.15. The van der Waals surface area contributed by atoms with Crippen LogP contribution < -0.4 is 5.32 Å². The summed E-state index contributed by atoms with van der Waals surface area (Å²) in [6.07, 6.45) is 2.24. The third kappa shape index (κ3) is 4.45. The summed E-state index contributed by atoms with van der Waals surface area (Å²) in [7, 11) is -1.40. The van der Waals surface area contributed by atoms with Crippen LogP contribution in [0, 0.1) is 0 Å². The molecule has 0 radical (unpaired) electrons. The minimum Gasteiger partial charge on any atom is -0.390 e. The maximum atomic E-state index is 11.7. The molecule has 0 bridgehead atoms. The Bertz CT molecular complexity index is 1260. The van der Waals surface area contributed by atoms with Gasteiger partial charge in [-0.2, -0.15) is 9.40 Å². The number of anilines is 1. The van der Waals surface area contributed by atoms with Crippen molar-refractivity contribution in [1.29, 1.82) is 0 Å². The summed E-state index contributed by atoms with van der Waals surface area (Å²) in [6, 6.07) is 5.55. The average Bonchev–Trinajstić information content (AvgIpc) is 3.05. The number of aromatic nitrogens is 4. The summed E-state index contributed by atoms with van der Waals surface area (Å²) in [5.41, 5.74) is 3.46. The van der Waals surface area contributed by atoms with Crippen LogP contribution in [0.5, 0.6) is 0 Å². The molecule has 0 unspecified atom stereocenters. The molecule has 2 atom stereocenters. The molecule has 9 nitrogen and oxygen atoms in total. The largest absolute Gasteiger partial charge is 0.390 e. The SMILES string of the molecule is CC(C)c1c2cc(-c3nc(N[C@@H]4CCN(S(C)(=O)=O)C[C@H]4O)ncc3Cl)ccc2nn1C. The molecule has 1 aliphatic rings. The van der Waals surface area contributed by atoms with E-state index in [1.165, 1.54) is 10.5 Å². The monoisotopic (exact) mass is 478 g/mol. The fourth-order valence-corrected chi connectivity index (χ4v) is 5.29. The predicted molar refractivity (Wildman–Crippen MR) is 125 cm³/mol. The normalized spacial score (nSPS) is 20.2. The lowest BCUT2D eigenvalue weighted by Crippen LogP contribution is -2.51. The average molecular weight is 479 g/mol. The molecule has 4 rings (SSSR count). The van der Waals surface area contributed by atoms with Crippen molar-refractivity contribution >= 4 is 38.5 Å². The van der Waals surface area contributed by atoms with Crippen LogP contribution in [0.25, 0.3) is 22.2 Å². The first-order valence-electron chi connectivity index (χ1n) is 10.4. The number of aliphatic hydroxyl groups is 1. The summed E-state index contributed by atoms with van der Waals surface area (Å²) < 4.78 is 26.7. The zero-order valence-electron chi connectivity index (χ0n) is 18.4. The number of nitrogens with zero attached hydrogens (tertiary/aromatic N) is 5. The molecule has 172 valence electrons. The number of aliphatic hydroxyl groups excluding tert-OH is 1. The van der Waals surface area contributed by atoms with Gasteiger partial charge in [0.2, 0.25) is 16.0 Å². The molecule has 32 heavy (non-hydrogen) atoms. The van der Waals surface area contributed by atoms with Crippen molar-refractivity contribution < 1.29 is 13.5 Å². The molecule has 3 heterocycles. The fraction of sp³-hybridized carbons (Fsp3) is 0.476. The maximum absolute atomic E-state index is 11.7. The molecular weight excluding hydrogens is 452 g/mol. The number of sulfonamides is 1.